The van der Waals surface area contributed by atoms with Gasteiger partial charge >= 0.3 is 0 Å². The Morgan fingerprint density at radius 2 is 1.50 bits per heavy atom. The highest BCUT2D eigenvalue weighted by Gasteiger charge is 2.33. The van der Waals surface area contributed by atoms with E-state index >= 15 is 4.39 Å². The van der Waals surface area contributed by atoms with Crippen LogP contribution in [0.1, 0.15) is 15.9 Å². The minimum atomic E-state index is -0.541. The number of morpholine rings is 1. The third-order valence-corrected chi connectivity index (χ3v) is 9.05. The van der Waals surface area contributed by atoms with Gasteiger partial charge in [-0.3, -0.25) is 9.59 Å². The largest absolute Gasteiger partial charge is 0.451 e. The molecule has 222 valence electrons. The summed E-state index contributed by atoms with van der Waals surface area (Å²) in [5.74, 6) is -0.0808. The van der Waals surface area contributed by atoms with Crippen LogP contribution in [0.4, 0.5) is 15.8 Å². The summed E-state index contributed by atoms with van der Waals surface area (Å²) < 4.78 is 30.1. The molecule has 8 nitrogen and oxygen atoms in total. The molecular formula is C35H31FN4O4. The van der Waals surface area contributed by atoms with Crippen LogP contribution in [0, 0.1) is 12.7 Å². The lowest BCUT2D eigenvalue weighted by molar-refractivity contribution is 0.0301. The number of rotatable bonds is 3. The molecule has 9 heteroatoms. The number of fused-ring (bicyclic) bond motifs is 3. The summed E-state index contributed by atoms with van der Waals surface area (Å²) in [7, 11) is 0. The van der Waals surface area contributed by atoms with Gasteiger partial charge in [0.1, 0.15) is 16.8 Å². The first-order valence-corrected chi connectivity index (χ1v) is 15.0. The van der Waals surface area contributed by atoms with Crippen molar-refractivity contribution in [3.63, 3.8) is 0 Å². The van der Waals surface area contributed by atoms with Gasteiger partial charge in [-0.2, -0.15) is 0 Å². The molecule has 0 spiro atoms. The lowest BCUT2D eigenvalue weighted by atomic mass is 10.0. The van der Waals surface area contributed by atoms with Gasteiger partial charge in [-0.15, -0.1) is 0 Å². The molecule has 5 aromatic rings. The Bertz CT molecular complexity index is 2030. The van der Waals surface area contributed by atoms with Crippen molar-refractivity contribution >= 4 is 39.0 Å². The first-order valence-electron chi connectivity index (χ1n) is 15.0. The number of halogens is 1. The van der Waals surface area contributed by atoms with E-state index in [1.54, 1.807) is 11.1 Å². The molecule has 3 aliphatic heterocycles. The fourth-order valence-electron chi connectivity index (χ4n) is 6.76. The number of benzene rings is 4. The van der Waals surface area contributed by atoms with Gasteiger partial charge in [0, 0.05) is 51.2 Å². The van der Waals surface area contributed by atoms with Gasteiger partial charge in [0.2, 0.25) is 5.43 Å². The van der Waals surface area contributed by atoms with E-state index in [4.69, 9.17) is 9.47 Å². The second kappa shape index (κ2) is 10.4. The molecule has 2 fully saturated rings. The van der Waals surface area contributed by atoms with Crippen LogP contribution in [-0.2, 0) is 4.74 Å². The van der Waals surface area contributed by atoms with Gasteiger partial charge < -0.3 is 28.7 Å². The number of carbonyl (C=O) groups excluding carboxylic acids is 1. The third kappa shape index (κ3) is 4.22. The zero-order valence-corrected chi connectivity index (χ0v) is 24.4. The number of carbonyl (C=O) groups is 1. The van der Waals surface area contributed by atoms with Gasteiger partial charge in [0.05, 0.1) is 24.3 Å². The maximum atomic E-state index is 16.3. The fourth-order valence-corrected chi connectivity index (χ4v) is 6.76. The average Bonchev–Trinajstić information content (AvgIpc) is 3.05. The minimum absolute atomic E-state index is 0.00496. The van der Waals surface area contributed by atoms with Crippen molar-refractivity contribution in [1.29, 1.82) is 0 Å². The first-order chi connectivity index (χ1) is 21.5. The predicted molar refractivity (Wildman–Crippen MR) is 169 cm³/mol. The molecule has 0 N–H and O–H groups in total. The first kappa shape index (κ1) is 26.7. The second-order valence-corrected chi connectivity index (χ2v) is 11.6. The van der Waals surface area contributed by atoms with Crippen molar-refractivity contribution in [2.24, 2.45) is 0 Å². The van der Waals surface area contributed by atoms with E-state index in [1.165, 1.54) is 17.3 Å². The van der Waals surface area contributed by atoms with Crippen molar-refractivity contribution in [3.05, 3.63) is 100 Å². The lowest BCUT2D eigenvalue weighted by Crippen LogP contribution is -2.47. The van der Waals surface area contributed by atoms with Gasteiger partial charge in [-0.25, -0.2) is 4.39 Å². The highest BCUT2D eigenvalue weighted by Crippen LogP contribution is 2.47. The number of nitrogens with zero attached hydrogens (tertiary/aromatic N) is 4. The van der Waals surface area contributed by atoms with Crippen LogP contribution in [0.25, 0.3) is 27.4 Å². The zero-order valence-electron chi connectivity index (χ0n) is 24.4. The van der Waals surface area contributed by atoms with Crippen LogP contribution >= 0.6 is 0 Å². The summed E-state index contributed by atoms with van der Waals surface area (Å²) in [5, 5.41) is 2.08. The molecule has 0 radical (unpaired) electrons. The van der Waals surface area contributed by atoms with Crippen LogP contribution in [0.15, 0.2) is 77.7 Å². The van der Waals surface area contributed by atoms with Gasteiger partial charge in [0.15, 0.2) is 17.3 Å². The van der Waals surface area contributed by atoms with Crippen molar-refractivity contribution in [3.8, 4) is 17.2 Å². The monoisotopic (exact) mass is 590 g/mol. The quantitative estimate of drug-likeness (QED) is 0.271. The molecule has 4 heterocycles. The Kier molecular flexibility index (Phi) is 6.30. The topological polar surface area (TPSA) is 67.2 Å². The highest BCUT2D eigenvalue weighted by atomic mass is 19.1. The normalized spacial score (nSPS) is 16.3. The number of hydrogen-bond acceptors (Lipinski definition) is 6. The van der Waals surface area contributed by atoms with E-state index in [-0.39, 0.29) is 16.9 Å². The van der Waals surface area contributed by atoms with Crippen LogP contribution in [0.3, 0.4) is 0 Å². The molecule has 1 aromatic heterocycles. The number of amides is 1. The van der Waals surface area contributed by atoms with E-state index in [0.29, 0.717) is 80.9 Å². The number of para-hydroxylation sites is 1. The van der Waals surface area contributed by atoms with E-state index in [1.807, 2.05) is 58.0 Å². The standard InChI is InChI=1S/C35H31FN4O4/c1-22-6-2-5-9-28(22)37-10-12-38(13-11-37)32-27(36)20-25-31-34(32)44-30-19-24-8-4-3-7-23(24)18-29(30)40(31)21-26(33(25)41)35(42)39-14-16-43-17-15-39/h2-9,18-21H,10-17H2,1H3. The summed E-state index contributed by atoms with van der Waals surface area (Å²) in [6, 6.07) is 21.4. The van der Waals surface area contributed by atoms with Crippen molar-refractivity contribution < 1.29 is 18.7 Å². The van der Waals surface area contributed by atoms with Crippen LogP contribution < -0.4 is 20.0 Å². The van der Waals surface area contributed by atoms with E-state index < -0.39 is 11.2 Å². The van der Waals surface area contributed by atoms with Gasteiger partial charge in [0.25, 0.3) is 5.91 Å². The van der Waals surface area contributed by atoms with E-state index in [0.717, 1.165) is 10.8 Å². The van der Waals surface area contributed by atoms with E-state index in [9.17, 15) is 9.59 Å². The molecule has 1 amide bonds. The number of anilines is 2. The summed E-state index contributed by atoms with van der Waals surface area (Å²) >= 11 is 0. The second-order valence-electron chi connectivity index (χ2n) is 11.6. The van der Waals surface area contributed by atoms with Crippen LogP contribution in [0.5, 0.6) is 11.5 Å². The molecule has 0 unspecified atom stereocenters. The van der Waals surface area contributed by atoms with Crippen molar-refractivity contribution in [2.75, 3.05) is 62.3 Å². The van der Waals surface area contributed by atoms with E-state index in [2.05, 4.69) is 24.0 Å². The third-order valence-electron chi connectivity index (χ3n) is 9.05. The SMILES string of the molecule is Cc1ccccc1N1CCN(c2c(F)cc3c(=O)c(C(=O)N4CCOCC4)cn4c3c2Oc2cc3ccccc3cc2-4)CC1. The number of hydrogen-bond donors (Lipinski definition) is 0. The lowest BCUT2D eigenvalue weighted by Gasteiger charge is -2.39. The number of pyridine rings is 1. The molecule has 0 atom stereocenters. The Morgan fingerprint density at radius 1 is 0.818 bits per heavy atom. The smallest absolute Gasteiger partial charge is 0.259 e. The summed E-state index contributed by atoms with van der Waals surface area (Å²) in [6.07, 6.45) is 1.61. The number of aromatic nitrogens is 1. The maximum Gasteiger partial charge on any atom is 0.259 e. The maximum absolute atomic E-state index is 16.3. The molecule has 4 aromatic carbocycles. The molecule has 0 saturated carbocycles. The van der Waals surface area contributed by atoms with Crippen molar-refractivity contribution in [2.45, 2.75) is 6.92 Å². The molecule has 2 saturated heterocycles. The Morgan fingerprint density at radius 3 is 2.25 bits per heavy atom. The predicted octanol–water partition coefficient (Wildman–Crippen LogP) is 5.50. The minimum Gasteiger partial charge on any atom is -0.451 e. The van der Waals surface area contributed by atoms with Crippen LogP contribution in [-0.4, -0.2) is 67.9 Å². The fraction of sp³-hybridized carbons (Fsp3) is 0.257. The van der Waals surface area contributed by atoms with Gasteiger partial charge in [-0.05, 0) is 47.5 Å². The molecule has 8 rings (SSSR count). The summed E-state index contributed by atoms with van der Waals surface area (Å²) in [5.41, 5.74) is 3.37. The molecular weight excluding hydrogens is 559 g/mol. The molecule has 0 aliphatic carbocycles. The number of piperazine rings is 1. The number of aryl methyl sites for hydroxylation is 1. The Labute approximate surface area is 253 Å². The Hall–Kier alpha value is -4.89. The average molecular weight is 591 g/mol. The van der Waals surface area contributed by atoms with Crippen LogP contribution in [0.2, 0.25) is 0 Å². The molecule has 3 aliphatic rings. The van der Waals surface area contributed by atoms with Crippen molar-refractivity contribution in [1.82, 2.24) is 9.47 Å². The number of ether oxygens (including phenoxy) is 2. The molecule has 0 bridgehead atoms. The highest BCUT2D eigenvalue weighted by molar-refractivity contribution is 6.02. The molecule has 44 heavy (non-hydrogen) atoms. The van der Waals surface area contributed by atoms with Gasteiger partial charge in [-0.1, -0.05) is 42.5 Å². The Balaban J connectivity index is 1.29. The summed E-state index contributed by atoms with van der Waals surface area (Å²) in [4.78, 5) is 33.5. The zero-order chi connectivity index (χ0) is 29.9. The summed E-state index contributed by atoms with van der Waals surface area (Å²) in [6.45, 7) is 6.30.